The molecule has 1 atom stereocenters. The summed E-state index contributed by atoms with van der Waals surface area (Å²) >= 11 is 0. The van der Waals surface area contributed by atoms with Crippen molar-refractivity contribution in [2.24, 2.45) is 0 Å². The fourth-order valence-corrected chi connectivity index (χ4v) is 9.51. The third kappa shape index (κ3) is 55.2. The van der Waals surface area contributed by atoms with E-state index in [-0.39, 0.29) is 31.1 Å². The lowest BCUT2D eigenvalue weighted by atomic mass is 10.0. The van der Waals surface area contributed by atoms with Crippen LogP contribution in [0.1, 0.15) is 355 Å². The third-order valence-corrected chi connectivity index (χ3v) is 14.1. The van der Waals surface area contributed by atoms with Crippen LogP contribution in [0.3, 0.4) is 0 Å². The fraction of sp³-hybridized carbons (Fsp3) is 0.951. The van der Waals surface area contributed by atoms with Crippen LogP contribution in [0.25, 0.3) is 0 Å². The Labute approximate surface area is 418 Å². The zero-order valence-corrected chi connectivity index (χ0v) is 45.7. The van der Waals surface area contributed by atoms with Gasteiger partial charge in [-0.3, -0.25) is 14.4 Å². The summed E-state index contributed by atoms with van der Waals surface area (Å²) in [4.78, 5) is 38.0. The van der Waals surface area contributed by atoms with Crippen molar-refractivity contribution in [3.05, 3.63) is 0 Å². The molecule has 0 heterocycles. The number of hydrogen-bond donors (Lipinski definition) is 0. The largest absolute Gasteiger partial charge is 0.462 e. The normalized spacial score (nSPS) is 11.9. The van der Waals surface area contributed by atoms with Crippen LogP contribution in [-0.2, 0) is 28.6 Å². The number of ether oxygens (including phenoxy) is 3. The summed E-state index contributed by atoms with van der Waals surface area (Å²) in [6, 6.07) is 0. The lowest BCUT2D eigenvalue weighted by Gasteiger charge is -2.18. The summed E-state index contributed by atoms with van der Waals surface area (Å²) in [5.41, 5.74) is 0. The Balaban J connectivity index is 4.01. The predicted molar refractivity (Wildman–Crippen MR) is 289 cm³/mol. The second kappa shape index (κ2) is 57.0. The van der Waals surface area contributed by atoms with Gasteiger partial charge in [0.2, 0.25) is 0 Å². The van der Waals surface area contributed by atoms with Gasteiger partial charge in [0.25, 0.3) is 0 Å². The molecule has 0 amide bonds. The molecule has 0 saturated carbocycles. The van der Waals surface area contributed by atoms with Gasteiger partial charge in [-0.05, 0) is 19.3 Å². The van der Waals surface area contributed by atoms with Crippen molar-refractivity contribution in [3.63, 3.8) is 0 Å². The van der Waals surface area contributed by atoms with Crippen molar-refractivity contribution in [1.29, 1.82) is 0 Å². The third-order valence-electron chi connectivity index (χ3n) is 14.1. The molecule has 0 rings (SSSR count). The van der Waals surface area contributed by atoms with E-state index in [1.165, 1.54) is 257 Å². The summed E-state index contributed by atoms with van der Waals surface area (Å²) in [6.07, 6.45) is 64.2. The number of esters is 3. The minimum Gasteiger partial charge on any atom is -0.462 e. The molecule has 0 radical (unpaired) electrons. The highest BCUT2D eigenvalue weighted by Crippen LogP contribution is 2.18. The van der Waals surface area contributed by atoms with E-state index in [1.54, 1.807) is 0 Å². The van der Waals surface area contributed by atoms with Gasteiger partial charge in [0, 0.05) is 19.3 Å². The molecule has 0 N–H and O–H groups in total. The van der Waals surface area contributed by atoms with Crippen LogP contribution >= 0.6 is 0 Å². The van der Waals surface area contributed by atoms with Crippen LogP contribution < -0.4 is 0 Å². The van der Waals surface area contributed by atoms with E-state index >= 15 is 0 Å². The Morgan fingerprint density at radius 2 is 0.403 bits per heavy atom. The van der Waals surface area contributed by atoms with Crippen molar-refractivity contribution >= 4 is 17.9 Å². The molecular formula is C61H118O6. The van der Waals surface area contributed by atoms with E-state index in [0.29, 0.717) is 19.3 Å². The minimum atomic E-state index is -0.760. The molecule has 0 spiro atoms. The van der Waals surface area contributed by atoms with Crippen LogP contribution in [0.2, 0.25) is 0 Å². The van der Waals surface area contributed by atoms with Crippen molar-refractivity contribution in [2.75, 3.05) is 13.2 Å². The Morgan fingerprint density at radius 1 is 0.239 bits per heavy atom. The molecule has 0 aromatic carbocycles. The maximum atomic E-state index is 12.8. The second-order valence-corrected chi connectivity index (χ2v) is 21.0. The monoisotopic (exact) mass is 947 g/mol. The standard InChI is InChI=1S/C61H118O6/c1-4-7-10-13-16-19-22-23-24-25-26-27-28-29-30-31-32-33-34-35-36-37-38-40-42-45-48-51-54-60(63)66-57-58(56-65-59(62)53-50-47-44-41-21-18-15-12-9-6-3)67-61(64)55-52-49-46-43-39-20-17-14-11-8-5-2/h58H,4-57H2,1-3H3. The van der Waals surface area contributed by atoms with Crippen LogP contribution in [0.4, 0.5) is 0 Å². The van der Waals surface area contributed by atoms with Gasteiger partial charge in [-0.15, -0.1) is 0 Å². The summed E-state index contributed by atoms with van der Waals surface area (Å²) in [7, 11) is 0. The molecule has 398 valence electrons. The highest BCUT2D eigenvalue weighted by molar-refractivity contribution is 5.71. The van der Waals surface area contributed by atoms with Gasteiger partial charge in [0.15, 0.2) is 6.10 Å². The number of carbonyl (C=O) groups is 3. The number of hydrogen-bond acceptors (Lipinski definition) is 6. The van der Waals surface area contributed by atoms with Crippen molar-refractivity contribution in [1.82, 2.24) is 0 Å². The highest BCUT2D eigenvalue weighted by atomic mass is 16.6. The fourth-order valence-electron chi connectivity index (χ4n) is 9.51. The maximum absolute atomic E-state index is 12.8. The molecule has 6 nitrogen and oxygen atoms in total. The molecule has 0 aliphatic carbocycles. The molecular weight excluding hydrogens is 829 g/mol. The molecule has 0 fully saturated rings. The Hall–Kier alpha value is -1.59. The predicted octanol–water partition coefficient (Wildman–Crippen LogP) is 20.3. The SMILES string of the molecule is CCCCCCCCCCCCCCCCCCCCCCCCCCCCCCC(=O)OCC(COC(=O)CCCCCCCCCCCC)OC(=O)CCCCCCCCCCCCC. The highest BCUT2D eigenvalue weighted by Gasteiger charge is 2.19. The summed E-state index contributed by atoms with van der Waals surface area (Å²) in [5, 5.41) is 0. The summed E-state index contributed by atoms with van der Waals surface area (Å²) < 4.78 is 16.8. The molecule has 0 aliphatic heterocycles. The summed E-state index contributed by atoms with van der Waals surface area (Å²) in [6.45, 7) is 6.68. The molecule has 0 aliphatic rings. The molecule has 0 aromatic heterocycles. The average Bonchev–Trinajstić information content (AvgIpc) is 3.33. The van der Waals surface area contributed by atoms with Gasteiger partial charge in [-0.25, -0.2) is 0 Å². The molecule has 0 aromatic rings. The van der Waals surface area contributed by atoms with E-state index in [4.69, 9.17) is 14.2 Å². The molecule has 67 heavy (non-hydrogen) atoms. The van der Waals surface area contributed by atoms with Gasteiger partial charge < -0.3 is 14.2 Å². The first-order valence-electron chi connectivity index (χ1n) is 30.5. The van der Waals surface area contributed by atoms with Gasteiger partial charge in [0.1, 0.15) is 13.2 Å². The van der Waals surface area contributed by atoms with Crippen molar-refractivity contribution in [3.8, 4) is 0 Å². The van der Waals surface area contributed by atoms with Crippen LogP contribution in [-0.4, -0.2) is 37.2 Å². The van der Waals surface area contributed by atoms with Gasteiger partial charge in [0.05, 0.1) is 0 Å². The zero-order valence-electron chi connectivity index (χ0n) is 45.7. The van der Waals surface area contributed by atoms with Crippen molar-refractivity contribution < 1.29 is 28.6 Å². The van der Waals surface area contributed by atoms with Crippen LogP contribution in [0, 0.1) is 0 Å². The number of rotatable bonds is 57. The van der Waals surface area contributed by atoms with Gasteiger partial charge in [-0.2, -0.15) is 0 Å². The van der Waals surface area contributed by atoms with E-state index in [2.05, 4.69) is 20.8 Å². The Kier molecular flexibility index (Phi) is 55.6. The number of carbonyl (C=O) groups excluding carboxylic acids is 3. The van der Waals surface area contributed by atoms with Crippen LogP contribution in [0.15, 0.2) is 0 Å². The number of unbranched alkanes of at least 4 members (excludes halogenated alkanes) is 46. The van der Waals surface area contributed by atoms with Crippen molar-refractivity contribution in [2.45, 2.75) is 361 Å². The van der Waals surface area contributed by atoms with E-state index in [0.717, 1.165) is 57.8 Å². The quantitative estimate of drug-likeness (QED) is 0.0343. The van der Waals surface area contributed by atoms with Gasteiger partial charge in [-0.1, -0.05) is 316 Å². The van der Waals surface area contributed by atoms with Crippen LogP contribution in [0.5, 0.6) is 0 Å². The molecule has 0 saturated heterocycles. The van der Waals surface area contributed by atoms with Gasteiger partial charge >= 0.3 is 17.9 Å². The Morgan fingerprint density at radius 3 is 0.597 bits per heavy atom. The molecule has 1 unspecified atom stereocenters. The first-order chi connectivity index (χ1) is 33.0. The first-order valence-corrected chi connectivity index (χ1v) is 30.5. The Bertz CT molecular complexity index is 998. The lowest BCUT2D eigenvalue weighted by molar-refractivity contribution is -0.167. The minimum absolute atomic E-state index is 0.0616. The summed E-state index contributed by atoms with van der Waals surface area (Å²) in [5.74, 6) is -0.838. The first kappa shape index (κ1) is 65.4. The lowest BCUT2D eigenvalue weighted by Crippen LogP contribution is -2.30. The molecule has 6 heteroatoms. The van der Waals surface area contributed by atoms with E-state index < -0.39 is 6.10 Å². The maximum Gasteiger partial charge on any atom is 0.306 e. The molecule has 0 bridgehead atoms. The van der Waals surface area contributed by atoms with E-state index in [9.17, 15) is 14.4 Å². The van der Waals surface area contributed by atoms with E-state index in [1.807, 2.05) is 0 Å². The second-order valence-electron chi connectivity index (χ2n) is 21.0. The average molecular weight is 948 g/mol. The topological polar surface area (TPSA) is 78.9 Å². The zero-order chi connectivity index (χ0) is 48.6. The smallest absolute Gasteiger partial charge is 0.306 e.